The molecule has 1 rings (SSSR count). The van der Waals surface area contributed by atoms with E-state index in [1.807, 2.05) is 6.92 Å². The fraction of sp³-hybridized carbons (Fsp3) is 1.00. The van der Waals surface area contributed by atoms with Gasteiger partial charge in [-0.15, -0.1) is 0 Å². The molecule has 0 radical (unpaired) electrons. The number of nitrogens with one attached hydrogen (secondary N) is 1. The Morgan fingerprint density at radius 3 is 2.64 bits per heavy atom. The number of ether oxygens (including phenoxy) is 1. The number of rotatable bonds is 5. The highest BCUT2D eigenvalue weighted by Crippen LogP contribution is 2.19. The fourth-order valence-corrected chi connectivity index (χ4v) is 2.00. The van der Waals surface area contributed by atoms with E-state index >= 15 is 0 Å². The van der Waals surface area contributed by atoms with E-state index in [2.05, 4.69) is 19.2 Å². The maximum absolute atomic E-state index is 9.61. The van der Waals surface area contributed by atoms with Crippen LogP contribution in [0.25, 0.3) is 0 Å². The van der Waals surface area contributed by atoms with Crippen LogP contribution in [-0.4, -0.2) is 36.0 Å². The largest absolute Gasteiger partial charge is 0.392 e. The third kappa shape index (κ3) is 3.56. The van der Waals surface area contributed by atoms with Crippen molar-refractivity contribution in [3.05, 3.63) is 0 Å². The molecule has 2 N–H and O–H groups in total. The summed E-state index contributed by atoms with van der Waals surface area (Å²) in [5.41, 5.74) is -0.128. The molecule has 0 unspecified atom stereocenters. The molecule has 0 aliphatic heterocycles. The molecule has 0 aromatic rings. The van der Waals surface area contributed by atoms with Gasteiger partial charge in [-0.05, 0) is 40.0 Å². The van der Waals surface area contributed by atoms with E-state index in [0.717, 1.165) is 32.4 Å². The van der Waals surface area contributed by atoms with Crippen LogP contribution in [0.4, 0.5) is 0 Å². The first-order chi connectivity index (χ1) is 6.55. The first-order valence-electron chi connectivity index (χ1n) is 5.60. The number of hydrogen-bond donors (Lipinski definition) is 2. The fourth-order valence-electron chi connectivity index (χ4n) is 2.00. The van der Waals surface area contributed by atoms with Gasteiger partial charge in [-0.3, -0.25) is 0 Å². The van der Waals surface area contributed by atoms with Gasteiger partial charge in [0.25, 0.3) is 0 Å². The summed E-state index contributed by atoms with van der Waals surface area (Å²) < 4.78 is 5.58. The van der Waals surface area contributed by atoms with E-state index in [4.69, 9.17) is 4.74 Å². The monoisotopic (exact) mass is 201 g/mol. The molecule has 14 heavy (non-hydrogen) atoms. The summed E-state index contributed by atoms with van der Waals surface area (Å²) in [5, 5.41) is 13.0. The van der Waals surface area contributed by atoms with Gasteiger partial charge in [0, 0.05) is 19.2 Å². The van der Waals surface area contributed by atoms with Gasteiger partial charge in [0.15, 0.2) is 0 Å². The van der Waals surface area contributed by atoms with E-state index in [9.17, 15) is 5.11 Å². The third-order valence-electron chi connectivity index (χ3n) is 2.80. The van der Waals surface area contributed by atoms with Crippen molar-refractivity contribution in [1.29, 1.82) is 0 Å². The standard InChI is InChI=1S/C11H23NO2/c1-4-14-11(2,3)8-12-9-6-5-7-10(9)13/h9-10,12-13H,4-8H2,1-3H3/t9-,10-/m1/s1. The zero-order valence-electron chi connectivity index (χ0n) is 9.55. The van der Waals surface area contributed by atoms with Crippen molar-refractivity contribution in [1.82, 2.24) is 5.32 Å². The molecule has 2 atom stereocenters. The minimum Gasteiger partial charge on any atom is -0.392 e. The molecule has 3 heteroatoms. The van der Waals surface area contributed by atoms with E-state index in [1.54, 1.807) is 0 Å². The van der Waals surface area contributed by atoms with Crippen LogP contribution in [0.15, 0.2) is 0 Å². The summed E-state index contributed by atoms with van der Waals surface area (Å²) in [5.74, 6) is 0. The van der Waals surface area contributed by atoms with Crippen LogP contribution in [0.1, 0.15) is 40.0 Å². The van der Waals surface area contributed by atoms with Crippen molar-refractivity contribution in [2.75, 3.05) is 13.2 Å². The quantitative estimate of drug-likeness (QED) is 0.704. The minimum atomic E-state index is -0.160. The summed E-state index contributed by atoms with van der Waals surface area (Å²) in [6.45, 7) is 7.70. The van der Waals surface area contributed by atoms with Crippen molar-refractivity contribution < 1.29 is 9.84 Å². The lowest BCUT2D eigenvalue weighted by Crippen LogP contribution is -2.45. The van der Waals surface area contributed by atoms with Gasteiger partial charge in [0.2, 0.25) is 0 Å². The van der Waals surface area contributed by atoms with E-state index < -0.39 is 0 Å². The Balaban J connectivity index is 2.25. The van der Waals surface area contributed by atoms with Crippen LogP contribution in [0.5, 0.6) is 0 Å². The summed E-state index contributed by atoms with van der Waals surface area (Å²) >= 11 is 0. The molecule has 0 aromatic carbocycles. The Morgan fingerprint density at radius 1 is 1.43 bits per heavy atom. The van der Waals surface area contributed by atoms with Gasteiger partial charge >= 0.3 is 0 Å². The first kappa shape index (κ1) is 12.0. The highest BCUT2D eigenvalue weighted by Gasteiger charge is 2.27. The summed E-state index contributed by atoms with van der Waals surface area (Å²) in [6, 6.07) is 0.273. The SMILES string of the molecule is CCOC(C)(C)CN[C@@H]1CCC[C@H]1O. The normalized spacial score (nSPS) is 28.3. The van der Waals surface area contributed by atoms with Gasteiger partial charge in [-0.1, -0.05) is 0 Å². The van der Waals surface area contributed by atoms with Crippen LogP contribution in [-0.2, 0) is 4.74 Å². The molecule has 0 heterocycles. The first-order valence-corrected chi connectivity index (χ1v) is 5.60. The van der Waals surface area contributed by atoms with Crippen molar-refractivity contribution in [3.63, 3.8) is 0 Å². The van der Waals surface area contributed by atoms with Crippen molar-refractivity contribution in [3.8, 4) is 0 Å². The number of aliphatic hydroxyl groups is 1. The predicted octanol–water partition coefficient (Wildman–Crippen LogP) is 1.30. The summed E-state index contributed by atoms with van der Waals surface area (Å²) in [4.78, 5) is 0. The molecule has 1 fully saturated rings. The Morgan fingerprint density at radius 2 is 2.14 bits per heavy atom. The molecule has 1 aliphatic carbocycles. The number of aliphatic hydroxyl groups excluding tert-OH is 1. The number of hydrogen-bond acceptors (Lipinski definition) is 3. The van der Waals surface area contributed by atoms with Crippen molar-refractivity contribution in [2.45, 2.75) is 57.8 Å². The van der Waals surface area contributed by atoms with Gasteiger partial charge in [-0.25, -0.2) is 0 Å². The van der Waals surface area contributed by atoms with Crippen LogP contribution in [0.2, 0.25) is 0 Å². The van der Waals surface area contributed by atoms with E-state index in [-0.39, 0.29) is 17.7 Å². The molecule has 0 saturated heterocycles. The summed E-state index contributed by atoms with van der Waals surface area (Å²) in [6.07, 6.45) is 3.00. The zero-order valence-corrected chi connectivity index (χ0v) is 9.55. The lowest BCUT2D eigenvalue weighted by Gasteiger charge is -2.28. The Labute approximate surface area is 86.8 Å². The van der Waals surface area contributed by atoms with E-state index in [0.29, 0.717) is 0 Å². The molecule has 84 valence electrons. The van der Waals surface area contributed by atoms with Crippen LogP contribution in [0, 0.1) is 0 Å². The molecule has 0 amide bonds. The second-order valence-corrected chi connectivity index (χ2v) is 4.68. The Hall–Kier alpha value is -0.120. The average molecular weight is 201 g/mol. The molecule has 1 saturated carbocycles. The Kier molecular flexibility index (Phi) is 4.35. The topological polar surface area (TPSA) is 41.5 Å². The lowest BCUT2D eigenvalue weighted by atomic mass is 10.1. The third-order valence-corrected chi connectivity index (χ3v) is 2.80. The molecular formula is C11H23NO2. The summed E-state index contributed by atoms with van der Waals surface area (Å²) in [7, 11) is 0. The van der Waals surface area contributed by atoms with Gasteiger partial charge in [0.05, 0.1) is 11.7 Å². The smallest absolute Gasteiger partial charge is 0.0750 e. The molecule has 1 aliphatic rings. The van der Waals surface area contributed by atoms with Crippen LogP contribution in [0.3, 0.4) is 0 Å². The minimum absolute atomic E-state index is 0.128. The molecule has 3 nitrogen and oxygen atoms in total. The maximum atomic E-state index is 9.61. The van der Waals surface area contributed by atoms with Gasteiger partial charge < -0.3 is 15.2 Å². The molecular weight excluding hydrogens is 178 g/mol. The van der Waals surface area contributed by atoms with Gasteiger partial charge in [-0.2, -0.15) is 0 Å². The average Bonchev–Trinajstić information content (AvgIpc) is 2.48. The van der Waals surface area contributed by atoms with Crippen LogP contribution >= 0.6 is 0 Å². The maximum Gasteiger partial charge on any atom is 0.0750 e. The van der Waals surface area contributed by atoms with Crippen molar-refractivity contribution in [2.24, 2.45) is 0 Å². The second kappa shape index (κ2) is 5.10. The predicted molar refractivity (Wildman–Crippen MR) is 57.4 cm³/mol. The zero-order chi connectivity index (χ0) is 10.6. The lowest BCUT2D eigenvalue weighted by molar-refractivity contribution is -0.0131. The molecule has 0 spiro atoms. The van der Waals surface area contributed by atoms with Crippen molar-refractivity contribution >= 4 is 0 Å². The highest BCUT2D eigenvalue weighted by molar-refractivity contribution is 4.85. The Bertz CT molecular complexity index is 171. The van der Waals surface area contributed by atoms with E-state index in [1.165, 1.54) is 0 Å². The highest BCUT2D eigenvalue weighted by atomic mass is 16.5. The molecule has 0 aromatic heterocycles. The molecule has 0 bridgehead atoms. The van der Waals surface area contributed by atoms with Crippen LogP contribution < -0.4 is 5.32 Å². The van der Waals surface area contributed by atoms with Gasteiger partial charge in [0.1, 0.15) is 0 Å². The second-order valence-electron chi connectivity index (χ2n) is 4.68.